The maximum Gasteiger partial charge on any atom is 0.416 e. The SMILES string of the molecule is Cc1c(-c2ccnn2-c2ccc(C#N)cc2CC[N+](C)(C)C)n(C(=O)NC2CCCCC2)c(=O)n1-c1cccc(C(F)(F)F)c1. The average Bonchev–Trinajstić information content (AvgIpc) is 3.57. The molecule has 0 unspecified atom stereocenters. The molecule has 0 radical (unpaired) electrons. The summed E-state index contributed by atoms with van der Waals surface area (Å²) in [6, 6.07) is 12.9. The highest BCUT2D eigenvalue weighted by molar-refractivity contribution is 5.83. The van der Waals surface area contributed by atoms with Crippen molar-refractivity contribution in [3.8, 4) is 28.8 Å². The van der Waals surface area contributed by atoms with Crippen LogP contribution in [-0.4, -0.2) is 63.2 Å². The summed E-state index contributed by atoms with van der Waals surface area (Å²) in [5.41, 5.74) is 1.20. The summed E-state index contributed by atoms with van der Waals surface area (Å²) in [6.45, 7) is 2.37. The molecule has 0 bridgehead atoms. The smallest absolute Gasteiger partial charge is 0.335 e. The number of hydrogen-bond acceptors (Lipinski definition) is 4. The second-order valence-electron chi connectivity index (χ2n) is 12.6. The van der Waals surface area contributed by atoms with E-state index in [9.17, 15) is 28.0 Å². The summed E-state index contributed by atoms with van der Waals surface area (Å²) in [6.07, 6.45) is 2.09. The number of amides is 1. The molecular weight excluding hydrogens is 583 g/mol. The standard InChI is InChI=1S/C33H36F3N7O2/c1-22-30(29-15-17-38-42(29)28-14-13-23(21-37)19-24(28)16-18-43(2,3)4)41(31(44)39-26-10-6-5-7-11-26)32(45)40(22)27-12-8-9-25(20-27)33(34,35)36/h8-9,12-15,17,19-20,26H,5-7,10-11,16,18H2,1-4H3/p+1. The molecule has 1 N–H and O–H groups in total. The lowest BCUT2D eigenvalue weighted by atomic mass is 9.96. The summed E-state index contributed by atoms with van der Waals surface area (Å²) in [5, 5.41) is 17.1. The second kappa shape index (κ2) is 12.4. The molecule has 236 valence electrons. The van der Waals surface area contributed by atoms with E-state index in [0.29, 0.717) is 27.8 Å². The molecule has 0 spiro atoms. The highest BCUT2D eigenvalue weighted by Crippen LogP contribution is 2.32. The molecule has 1 aliphatic carbocycles. The van der Waals surface area contributed by atoms with Gasteiger partial charge in [0.15, 0.2) is 0 Å². The van der Waals surface area contributed by atoms with Gasteiger partial charge in [0.1, 0.15) is 5.69 Å². The number of nitrogens with zero attached hydrogens (tertiary/aromatic N) is 6. The number of imidazole rings is 1. The average molecular weight is 621 g/mol. The van der Waals surface area contributed by atoms with Gasteiger partial charge in [0.2, 0.25) is 0 Å². The van der Waals surface area contributed by atoms with E-state index in [-0.39, 0.29) is 23.1 Å². The minimum atomic E-state index is -4.62. The van der Waals surface area contributed by atoms with Crippen LogP contribution < -0.4 is 11.0 Å². The molecule has 0 aliphatic heterocycles. The number of likely N-dealkylation sites (N-methyl/N-ethyl adjacent to an activating group) is 1. The van der Waals surface area contributed by atoms with Crippen molar-refractivity contribution >= 4 is 6.03 Å². The van der Waals surface area contributed by atoms with Crippen LogP contribution in [0.2, 0.25) is 0 Å². The van der Waals surface area contributed by atoms with Crippen LogP contribution in [0.3, 0.4) is 0 Å². The third kappa shape index (κ3) is 6.73. The minimum absolute atomic E-state index is 0.00846. The van der Waals surface area contributed by atoms with E-state index in [1.54, 1.807) is 42.1 Å². The van der Waals surface area contributed by atoms with Gasteiger partial charge in [-0.05, 0) is 67.8 Å². The molecule has 0 atom stereocenters. The van der Waals surface area contributed by atoms with Gasteiger partial charge in [-0.1, -0.05) is 25.3 Å². The van der Waals surface area contributed by atoms with Gasteiger partial charge in [-0.15, -0.1) is 0 Å². The molecule has 1 saturated carbocycles. The van der Waals surface area contributed by atoms with E-state index in [1.807, 2.05) is 0 Å². The topological polar surface area (TPSA) is 97.6 Å². The minimum Gasteiger partial charge on any atom is -0.335 e. The monoisotopic (exact) mass is 620 g/mol. The number of benzene rings is 2. The summed E-state index contributed by atoms with van der Waals surface area (Å²) < 4.78 is 45.4. The number of alkyl halides is 3. The highest BCUT2D eigenvalue weighted by Gasteiger charge is 2.32. The molecule has 2 heterocycles. The van der Waals surface area contributed by atoms with Crippen molar-refractivity contribution in [1.29, 1.82) is 5.26 Å². The number of carbonyl (C=O) groups is 1. The Morgan fingerprint density at radius 1 is 1.09 bits per heavy atom. The lowest BCUT2D eigenvalue weighted by Crippen LogP contribution is -2.43. The van der Waals surface area contributed by atoms with E-state index < -0.39 is 23.5 Å². The van der Waals surface area contributed by atoms with Crippen LogP contribution in [0, 0.1) is 18.3 Å². The summed E-state index contributed by atoms with van der Waals surface area (Å²) in [7, 11) is 6.20. The predicted octanol–water partition coefficient (Wildman–Crippen LogP) is 5.83. The fourth-order valence-electron chi connectivity index (χ4n) is 5.90. The number of nitriles is 1. The van der Waals surface area contributed by atoms with Crippen LogP contribution in [0.4, 0.5) is 18.0 Å². The Morgan fingerprint density at radius 2 is 1.82 bits per heavy atom. The summed E-state index contributed by atoms with van der Waals surface area (Å²) >= 11 is 0. The Labute approximate surface area is 259 Å². The largest absolute Gasteiger partial charge is 0.416 e. The molecule has 2 aromatic heterocycles. The van der Waals surface area contributed by atoms with Gasteiger partial charge in [0.25, 0.3) is 0 Å². The van der Waals surface area contributed by atoms with Crippen LogP contribution >= 0.6 is 0 Å². The molecule has 4 aromatic rings. The fourth-order valence-corrected chi connectivity index (χ4v) is 5.90. The third-order valence-electron chi connectivity index (χ3n) is 8.23. The lowest BCUT2D eigenvalue weighted by Gasteiger charge is -2.24. The van der Waals surface area contributed by atoms with E-state index in [1.165, 1.54) is 12.1 Å². The molecule has 12 heteroatoms. The van der Waals surface area contributed by atoms with Gasteiger partial charge < -0.3 is 9.80 Å². The lowest BCUT2D eigenvalue weighted by molar-refractivity contribution is -0.870. The Balaban J connectivity index is 1.71. The number of nitrogens with one attached hydrogen (secondary N) is 1. The first kappa shape index (κ1) is 31.8. The van der Waals surface area contributed by atoms with E-state index >= 15 is 0 Å². The van der Waals surface area contributed by atoms with Crippen LogP contribution in [0.25, 0.3) is 22.8 Å². The van der Waals surface area contributed by atoms with Crippen LogP contribution in [0.1, 0.15) is 54.5 Å². The zero-order valence-corrected chi connectivity index (χ0v) is 25.9. The zero-order valence-electron chi connectivity index (χ0n) is 25.9. The number of quaternary nitrogens is 1. The summed E-state index contributed by atoms with van der Waals surface area (Å²) in [4.78, 5) is 28.0. The molecule has 0 saturated heterocycles. The van der Waals surface area contributed by atoms with Crippen LogP contribution in [0.15, 0.2) is 59.5 Å². The maximum atomic E-state index is 14.1. The molecular formula is C33H37F3N7O2+. The van der Waals surface area contributed by atoms with Crippen LogP contribution in [0.5, 0.6) is 0 Å². The Bertz CT molecular complexity index is 1810. The van der Waals surface area contributed by atoms with Crippen molar-refractivity contribution in [1.82, 2.24) is 24.2 Å². The highest BCUT2D eigenvalue weighted by atomic mass is 19.4. The van der Waals surface area contributed by atoms with Crippen molar-refractivity contribution in [3.63, 3.8) is 0 Å². The van der Waals surface area contributed by atoms with Crippen LogP contribution in [-0.2, 0) is 12.6 Å². The maximum absolute atomic E-state index is 14.1. The molecule has 1 aliphatic rings. The van der Waals surface area contributed by atoms with Gasteiger partial charge in [-0.25, -0.2) is 18.8 Å². The first-order valence-electron chi connectivity index (χ1n) is 15.0. The van der Waals surface area contributed by atoms with Gasteiger partial charge in [-0.2, -0.15) is 23.5 Å². The van der Waals surface area contributed by atoms with Crippen molar-refractivity contribution < 1.29 is 22.4 Å². The van der Waals surface area contributed by atoms with E-state index in [4.69, 9.17) is 0 Å². The quantitative estimate of drug-likeness (QED) is 0.263. The molecule has 45 heavy (non-hydrogen) atoms. The molecule has 1 fully saturated rings. The van der Waals surface area contributed by atoms with Gasteiger partial charge in [0.05, 0.1) is 73.8 Å². The Hall–Kier alpha value is -4.63. The van der Waals surface area contributed by atoms with Gasteiger partial charge >= 0.3 is 17.9 Å². The number of hydrogen-bond donors (Lipinski definition) is 1. The molecule has 9 nitrogen and oxygen atoms in total. The number of aromatic nitrogens is 4. The Morgan fingerprint density at radius 3 is 2.49 bits per heavy atom. The number of halogens is 3. The van der Waals surface area contributed by atoms with Gasteiger partial charge in [-0.3, -0.25) is 4.57 Å². The zero-order chi connectivity index (χ0) is 32.5. The summed E-state index contributed by atoms with van der Waals surface area (Å²) in [5.74, 6) is 0. The van der Waals surface area contributed by atoms with Crippen molar-refractivity contribution in [2.24, 2.45) is 0 Å². The van der Waals surface area contributed by atoms with E-state index in [0.717, 1.165) is 65.5 Å². The molecule has 2 aromatic carbocycles. The molecule has 5 rings (SSSR count). The molecule has 1 amide bonds. The second-order valence-corrected chi connectivity index (χ2v) is 12.6. The first-order valence-corrected chi connectivity index (χ1v) is 15.0. The van der Waals surface area contributed by atoms with Crippen molar-refractivity contribution in [2.45, 2.75) is 57.7 Å². The third-order valence-corrected chi connectivity index (χ3v) is 8.23. The normalized spacial score (nSPS) is 14.4. The fraction of sp³-hybridized carbons (Fsp3) is 0.394. The number of carbonyl (C=O) groups excluding carboxylic acids is 1. The van der Waals surface area contributed by atoms with Crippen molar-refractivity contribution in [3.05, 3.63) is 87.6 Å². The van der Waals surface area contributed by atoms with E-state index in [2.05, 4.69) is 37.6 Å². The van der Waals surface area contributed by atoms with Crippen molar-refractivity contribution in [2.75, 3.05) is 27.7 Å². The predicted molar refractivity (Wildman–Crippen MR) is 164 cm³/mol. The Kier molecular flexibility index (Phi) is 8.76. The van der Waals surface area contributed by atoms with Gasteiger partial charge in [0, 0.05) is 12.5 Å². The number of rotatable bonds is 7. The first-order chi connectivity index (χ1) is 21.3.